The number of hydrogen-bond acceptors (Lipinski definition) is 4. The van der Waals surface area contributed by atoms with E-state index in [9.17, 15) is 14.0 Å². The fourth-order valence-electron chi connectivity index (χ4n) is 2.31. The Balaban J connectivity index is 1.84. The molecule has 0 unspecified atom stereocenters. The quantitative estimate of drug-likeness (QED) is 0.696. The van der Waals surface area contributed by atoms with Crippen LogP contribution in [-0.2, 0) is 14.3 Å². The van der Waals surface area contributed by atoms with Gasteiger partial charge in [0.05, 0.1) is 10.5 Å². The van der Waals surface area contributed by atoms with E-state index in [-0.39, 0.29) is 11.6 Å². The summed E-state index contributed by atoms with van der Waals surface area (Å²) < 4.78 is 17.9. The average molecular weight is 362 g/mol. The maximum atomic E-state index is 13.3. The molecule has 1 amide bonds. The van der Waals surface area contributed by atoms with Gasteiger partial charge >= 0.3 is 5.97 Å². The summed E-state index contributed by atoms with van der Waals surface area (Å²) in [6.45, 7) is 0.844. The molecule has 0 radical (unpaired) electrons. The Morgan fingerprint density at radius 3 is 2.68 bits per heavy atom. The molecule has 25 heavy (non-hydrogen) atoms. The zero-order valence-corrected chi connectivity index (χ0v) is 13.9. The molecule has 2 aromatic carbocycles. The van der Waals surface area contributed by atoms with Crippen molar-refractivity contribution in [3.05, 3.63) is 47.2 Å². The highest BCUT2D eigenvalue weighted by Crippen LogP contribution is 2.29. The summed E-state index contributed by atoms with van der Waals surface area (Å²) >= 11 is 5.82. The van der Waals surface area contributed by atoms with Crippen LogP contribution in [0.5, 0.6) is 0 Å². The third-order valence-electron chi connectivity index (χ3n) is 3.48. The highest BCUT2D eigenvalue weighted by atomic mass is 35.5. The van der Waals surface area contributed by atoms with E-state index in [4.69, 9.17) is 11.6 Å². The van der Waals surface area contributed by atoms with Crippen molar-refractivity contribution in [3.8, 4) is 11.1 Å². The minimum atomic E-state index is -0.537. The molecule has 0 aliphatic rings. The molecule has 0 fully saturated rings. The number of aromatic nitrogens is 2. The van der Waals surface area contributed by atoms with Crippen LogP contribution in [0.3, 0.4) is 0 Å². The number of aromatic amines is 1. The highest BCUT2D eigenvalue weighted by molar-refractivity contribution is 6.31. The lowest BCUT2D eigenvalue weighted by Crippen LogP contribution is -2.20. The second-order valence-electron chi connectivity index (χ2n) is 5.29. The fraction of sp³-hybridized carbons (Fsp3) is 0.118. The molecule has 0 spiro atoms. The van der Waals surface area contributed by atoms with Gasteiger partial charge < -0.3 is 10.1 Å². The van der Waals surface area contributed by atoms with Gasteiger partial charge in [0.1, 0.15) is 5.82 Å². The molecule has 6 nitrogen and oxygen atoms in total. The summed E-state index contributed by atoms with van der Waals surface area (Å²) in [4.78, 5) is 22.4. The summed E-state index contributed by atoms with van der Waals surface area (Å²) in [5, 5.41) is 10.2. The van der Waals surface area contributed by atoms with Gasteiger partial charge in [0.15, 0.2) is 12.4 Å². The van der Waals surface area contributed by atoms with Crippen molar-refractivity contribution in [1.29, 1.82) is 0 Å². The van der Waals surface area contributed by atoms with E-state index in [0.717, 1.165) is 11.1 Å². The Kier molecular flexibility index (Phi) is 4.67. The Bertz CT molecular complexity index is 971. The summed E-state index contributed by atoms with van der Waals surface area (Å²) in [6, 6.07) is 9.86. The smallest absolute Gasteiger partial charge is 0.303 e. The van der Waals surface area contributed by atoms with Crippen LogP contribution < -0.4 is 5.32 Å². The number of ether oxygens (including phenoxy) is 1. The zero-order chi connectivity index (χ0) is 18.0. The Hall–Kier alpha value is -2.93. The number of H-pyrrole nitrogens is 1. The first-order chi connectivity index (χ1) is 11.9. The van der Waals surface area contributed by atoms with E-state index >= 15 is 0 Å². The molecular formula is C17H13ClFN3O3. The second kappa shape index (κ2) is 6.90. The van der Waals surface area contributed by atoms with Crippen molar-refractivity contribution in [1.82, 2.24) is 10.2 Å². The van der Waals surface area contributed by atoms with Crippen molar-refractivity contribution < 1.29 is 18.7 Å². The van der Waals surface area contributed by atoms with Crippen LogP contribution in [0.4, 0.5) is 10.2 Å². The lowest BCUT2D eigenvalue weighted by Gasteiger charge is -2.05. The number of nitrogens with one attached hydrogen (secondary N) is 2. The maximum Gasteiger partial charge on any atom is 0.303 e. The van der Waals surface area contributed by atoms with Gasteiger partial charge in [-0.2, -0.15) is 5.10 Å². The molecule has 0 aliphatic heterocycles. The molecule has 128 valence electrons. The third kappa shape index (κ3) is 3.77. The molecule has 0 aliphatic carbocycles. The van der Waals surface area contributed by atoms with Crippen LogP contribution in [0.25, 0.3) is 22.0 Å². The first-order valence-electron chi connectivity index (χ1n) is 7.31. The largest absolute Gasteiger partial charge is 0.456 e. The van der Waals surface area contributed by atoms with E-state index in [1.165, 1.54) is 19.1 Å². The van der Waals surface area contributed by atoms with Crippen molar-refractivity contribution in [2.75, 3.05) is 11.9 Å². The number of nitrogens with zero attached hydrogens (tertiary/aromatic N) is 1. The van der Waals surface area contributed by atoms with Crippen molar-refractivity contribution in [2.24, 2.45) is 0 Å². The number of carbonyl (C=O) groups excluding carboxylic acids is 2. The van der Waals surface area contributed by atoms with E-state index in [2.05, 4.69) is 20.3 Å². The number of esters is 1. The third-order valence-corrected chi connectivity index (χ3v) is 3.77. The molecule has 3 rings (SSSR count). The Morgan fingerprint density at radius 1 is 1.24 bits per heavy atom. The molecule has 0 saturated carbocycles. The van der Waals surface area contributed by atoms with Crippen LogP contribution in [0.1, 0.15) is 6.92 Å². The number of benzene rings is 2. The molecule has 1 aromatic heterocycles. The molecule has 1 heterocycles. The predicted octanol–water partition coefficient (Wildman–Crippen LogP) is 3.52. The molecule has 8 heteroatoms. The minimum Gasteiger partial charge on any atom is -0.456 e. The normalized spacial score (nSPS) is 10.7. The predicted molar refractivity (Wildman–Crippen MR) is 91.8 cm³/mol. The van der Waals surface area contributed by atoms with Gasteiger partial charge in [0, 0.05) is 12.3 Å². The number of halogens is 2. The van der Waals surface area contributed by atoms with Crippen LogP contribution in [-0.4, -0.2) is 28.7 Å². The summed E-state index contributed by atoms with van der Waals surface area (Å²) in [5.41, 5.74) is 2.25. The van der Waals surface area contributed by atoms with E-state index < -0.39 is 17.7 Å². The van der Waals surface area contributed by atoms with Gasteiger partial charge in [-0.1, -0.05) is 23.7 Å². The summed E-state index contributed by atoms with van der Waals surface area (Å²) in [6.07, 6.45) is 0. The van der Waals surface area contributed by atoms with Gasteiger partial charge in [0.2, 0.25) is 0 Å². The average Bonchev–Trinajstić information content (AvgIpc) is 2.97. The topological polar surface area (TPSA) is 84.1 Å². The monoisotopic (exact) mass is 361 g/mol. The maximum absolute atomic E-state index is 13.3. The van der Waals surface area contributed by atoms with E-state index in [1.54, 1.807) is 12.1 Å². The molecular weight excluding hydrogens is 349 g/mol. The number of amides is 1. The van der Waals surface area contributed by atoms with Gasteiger partial charge in [-0.25, -0.2) is 4.39 Å². The number of rotatable bonds is 4. The van der Waals surface area contributed by atoms with E-state index in [0.29, 0.717) is 16.7 Å². The first-order valence-corrected chi connectivity index (χ1v) is 7.68. The zero-order valence-electron chi connectivity index (χ0n) is 13.1. The summed E-state index contributed by atoms with van der Waals surface area (Å²) in [7, 11) is 0. The second-order valence-corrected chi connectivity index (χ2v) is 5.70. The fourth-order valence-corrected chi connectivity index (χ4v) is 2.49. The minimum absolute atomic E-state index is 0.0423. The molecule has 3 aromatic rings. The van der Waals surface area contributed by atoms with Gasteiger partial charge in [-0.3, -0.25) is 14.7 Å². The first kappa shape index (κ1) is 16.9. The van der Waals surface area contributed by atoms with Crippen LogP contribution >= 0.6 is 11.6 Å². The molecule has 0 atom stereocenters. The molecule has 0 bridgehead atoms. The van der Waals surface area contributed by atoms with Gasteiger partial charge in [-0.05, 0) is 35.4 Å². The van der Waals surface area contributed by atoms with Crippen molar-refractivity contribution >= 4 is 40.2 Å². The lowest BCUT2D eigenvalue weighted by atomic mass is 10.0. The van der Waals surface area contributed by atoms with Crippen LogP contribution in [0.15, 0.2) is 36.4 Å². The number of fused-ring (bicyclic) bond motifs is 1. The molecule has 2 N–H and O–H groups in total. The van der Waals surface area contributed by atoms with Crippen LogP contribution in [0, 0.1) is 5.82 Å². The number of anilines is 1. The summed E-state index contributed by atoms with van der Waals surface area (Å²) in [5.74, 6) is -1.18. The van der Waals surface area contributed by atoms with E-state index in [1.807, 2.05) is 12.1 Å². The number of carbonyl (C=O) groups is 2. The SMILES string of the molecule is CC(=O)OCC(=O)Nc1n[nH]c2cc(-c3ccc(F)c(Cl)c3)ccc12. The standard InChI is InChI=1S/C17H13ClFN3O3/c1-9(23)25-8-16(24)20-17-12-4-2-11(7-15(12)21-22-17)10-3-5-14(19)13(18)6-10/h2-7H,8H2,1H3,(H2,20,21,22,24). The van der Waals surface area contributed by atoms with Gasteiger partial charge in [-0.15, -0.1) is 0 Å². The van der Waals surface area contributed by atoms with Crippen molar-refractivity contribution in [2.45, 2.75) is 6.92 Å². The molecule has 0 saturated heterocycles. The number of hydrogen-bond donors (Lipinski definition) is 2. The van der Waals surface area contributed by atoms with Gasteiger partial charge in [0.25, 0.3) is 5.91 Å². The van der Waals surface area contributed by atoms with Crippen LogP contribution in [0.2, 0.25) is 5.02 Å². The Labute approximate surface area is 146 Å². The lowest BCUT2D eigenvalue weighted by molar-refractivity contribution is -0.144. The highest BCUT2D eigenvalue weighted by Gasteiger charge is 2.12. The van der Waals surface area contributed by atoms with Crippen molar-refractivity contribution in [3.63, 3.8) is 0 Å². The Morgan fingerprint density at radius 2 is 1.96 bits per heavy atom.